The summed E-state index contributed by atoms with van der Waals surface area (Å²) in [6.45, 7) is 6.95. The van der Waals surface area contributed by atoms with E-state index in [9.17, 15) is 9.59 Å². The molecule has 1 N–H and O–H groups in total. The maximum atomic E-state index is 12.1. The first-order chi connectivity index (χ1) is 9.32. The maximum absolute atomic E-state index is 12.1. The first-order valence-corrected chi connectivity index (χ1v) is 6.84. The second kappa shape index (κ2) is 5.26. The molecule has 1 aromatic rings. The first kappa shape index (κ1) is 14.6. The first-order valence-electron chi connectivity index (χ1n) is 6.84. The second-order valence-electron chi connectivity index (χ2n) is 5.83. The molecule has 2 heterocycles. The van der Waals surface area contributed by atoms with Crippen molar-refractivity contribution in [1.29, 1.82) is 0 Å². The Hall–Kier alpha value is -1.85. The van der Waals surface area contributed by atoms with Gasteiger partial charge < -0.3 is 10.0 Å². The van der Waals surface area contributed by atoms with E-state index in [1.807, 2.05) is 24.6 Å². The molecule has 1 atom stereocenters. The van der Waals surface area contributed by atoms with Crippen LogP contribution < -0.4 is 0 Å². The van der Waals surface area contributed by atoms with E-state index >= 15 is 0 Å². The van der Waals surface area contributed by atoms with Gasteiger partial charge in [0, 0.05) is 31.7 Å². The number of hydrogen-bond donors (Lipinski definition) is 1. The molecule has 6 nitrogen and oxygen atoms in total. The van der Waals surface area contributed by atoms with E-state index in [4.69, 9.17) is 5.11 Å². The van der Waals surface area contributed by atoms with Crippen LogP contribution in [0.5, 0.6) is 0 Å². The molecule has 0 aliphatic carbocycles. The molecule has 0 saturated carbocycles. The van der Waals surface area contributed by atoms with Gasteiger partial charge in [0.2, 0.25) is 5.91 Å². The molecule has 110 valence electrons. The van der Waals surface area contributed by atoms with E-state index in [1.54, 1.807) is 11.8 Å². The average molecular weight is 279 g/mol. The molecule has 0 spiro atoms. The van der Waals surface area contributed by atoms with Gasteiger partial charge in [0.1, 0.15) is 0 Å². The van der Waals surface area contributed by atoms with Crippen molar-refractivity contribution in [3.63, 3.8) is 0 Å². The van der Waals surface area contributed by atoms with Gasteiger partial charge in [0.25, 0.3) is 0 Å². The summed E-state index contributed by atoms with van der Waals surface area (Å²) in [5.74, 6) is -0.825. The zero-order chi connectivity index (χ0) is 14.9. The fourth-order valence-corrected chi connectivity index (χ4v) is 2.61. The van der Waals surface area contributed by atoms with Crippen molar-refractivity contribution in [1.82, 2.24) is 14.7 Å². The number of carboxylic acid groups (broad SMARTS) is 1. The van der Waals surface area contributed by atoms with Crippen molar-refractivity contribution >= 4 is 11.9 Å². The highest BCUT2D eigenvalue weighted by Crippen LogP contribution is 2.30. The summed E-state index contributed by atoms with van der Waals surface area (Å²) in [6.07, 6.45) is 0.881. The summed E-state index contributed by atoms with van der Waals surface area (Å²) in [6, 6.07) is 1.97. The number of aromatic nitrogens is 2. The smallest absolute Gasteiger partial charge is 0.311 e. The predicted molar refractivity (Wildman–Crippen MR) is 73.3 cm³/mol. The molecule has 1 aromatic heterocycles. The lowest BCUT2D eigenvalue weighted by atomic mass is 9.90. The third-order valence-corrected chi connectivity index (χ3v) is 3.98. The Morgan fingerprint density at radius 3 is 2.65 bits per heavy atom. The minimum atomic E-state index is -0.827. The van der Waals surface area contributed by atoms with E-state index < -0.39 is 11.4 Å². The Morgan fingerprint density at radius 2 is 2.15 bits per heavy atom. The molecular formula is C14H21N3O3. The lowest BCUT2D eigenvalue weighted by Gasteiger charge is -2.20. The quantitative estimate of drug-likeness (QED) is 0.899. The van der Waals surface area contributed by atoms with Crippen LogP contribution in [0.25, 0.3) is 0 Å². The van der Waals surface area contributed by atoms with Gasteiger partial charge in [-0.15, -0.1) is 0 Å². The Kier molecular flexibility index (Phi) is 3.83. The molecule has 1 amide bonds. The van der Waals surface area contributed by atoms with Crippen LogP contribution in [0.1, 0.15) is 31.2 Å². The zero-order valence-corrected chi connectivity index (χ0v) is 12.2. The fourth-order valence-electron chi connectivity index (χ4n) is 2.61. The summed E-state index contributed by atoms with van der Waals surface area (Å²) >= 11 is 0. The predicted octanol–water partition coefficient (Wildman–Crippen LogP) is 1.21. The van der Waals surface area contributed by atoms with Crippen LogP contribution in [0.4, 0.5) is 0 Å². The standard InChI is InChI=1S/C14H21N3O3/c1-10-8-11(2)17(15-10)6-4-12(18)16-7-5-14(3,9-16)13(19)20/h8H,4-7,9H2,1-3H3,(H,19,20). The monoisotopic (exact) mass is 279 g/mol. The van der Waals surface area contributed by atoms with Crippen molar-refractivity contribution in [2.45, 2.75) is 40.2 Å². The van der Waals surface area contributed by atoms with Gasteiger partial charge in [-0.3, -0.25) is 14.3 Å². The van der Waals surface area contributed by atoms with Gasteiger partial charge in [-0.2, -0.15) is 5.10 Å². The number of hydrogen-bond acceptors (Lipinski definition) is 3. The van der Waals surface area contributed by atoms with E-state index in [2.05, 4.69) is 5.10 Å². The number of aryl methyl sites for hydroxylation is 3. The minimum Gasteiger partial charge on any atom is -0.481 e. The van der Waals surface area contributed by atoms with Crippen molar-refractivity contribution < 1.29 is 14.7 Å². The van der Waals surface area contributed by atoms with Crippen LogP contribution in [-0.4, -0.2) is 44.8 Å². The number of nitrogens with zero attached hydrogens (tertiary/aromatic N) is 3. The van der Waals surface area contributed by atoms with Crippen molar-refractivity contribution in [3.05, 3.63) is 17.5 Å². The summed E-state index contributed by atoms with van der Waals surface area (Å²) in [4.78, 5) is 25.0. The largest absolute Gasteiger partial charge is 0.481 e. The molecule has 6 heteroatoms. The van der Waals surface area contributed by atoms with Crippen LogP contribution in [0.2, 0.25) is 0 Å². The molecule has 2 rings (SSSR count). The molecule has 20 heavy (non-hydrogen) atoms. The fraction of sp³-hybridized carbons (Fsp3) is 0.643. The van der Waals surface area contributed by atoms with Gasteiger partial charge >= 0.3 is 5.97 Å². The normalized spacial score (nSPS) is 22.2. The van der Waals surface area contributed by atoms with Crippen LogP contribution in [0, 0.1) is 19.3 Å². The molecule has 1 saturated heterocycles. The zero-order valence-electron chi connectivity index (χ0n) is 12.2. The number of rotatable bonds is 4. The van der Waals surface area contributed by atoms with Crippen molar-refractivity contribution in [2.75, 3.05) is 13.1 Å². The number of likely N-dealkylation sites (tertiary alicyclic amines) is 1. The highest BCUT2D eigenvalue weighted by molar-refractivity contribution is 5.80. The minimum absolute atomic E-state index is 0.00234. The van der Waals surface area contributed by atoms with Gasteiger partial charge in [0.15, 0.2) is 0 Å². The van der Waals surface area contributed by atoms with Gasteiger partial charge in [-0.25, -0.2) is 0 Å². The van der Waals surface area contributed by atoms with Crippen molar-refractivity contribution in [2.24, 2.45) is 5.41 Å². The van der Waals surface area contributed by atoms with E-state index in [1.165, 1.54) is 0 Å². The topological polar surface area (TPSA) is 75.4 Å². The molecular weight excluding hydrogens is 258 g/mol. The Balaban J connectivity index is 1.91. The molecule has 0 radical (unpaired) electrons. The molecule has 1 unspecified atom stereocenters. The number of aliphatic carboxylic acids is 1. The lowest BCUT2D eigenvalue weighted by molar-refractivity contribution is -0.147. The SMILES string of the molecule is Cc1cc(C)n(CCC(=O)N2CCC(C)(C(=O)O)C2)n1. The number of carboxylic acids is 1. The van der Waals surface area contributed by atoms with Crippen LogP contribution in [-0.2, 0) is 16.1 Å². The lowest BCUT2D eigenvalue weighted by Crippen LogP contribution is -2.35. The molecule has 0 aromatic carbocycles. The third kappa shape index (κ3) is 2.84. The molecule has 1 aliphatic rings. The molecule has 1 fully saturated rings. The van der Waals surface area contributed by atoms with E-state index in [0.717, 1.165) is 11.4 Å². The van der Waals surface area contributed by atoms with Gasteiger partial charge in [0.05, 0.1) is 11.1 Å². The van der Waals surface area contributed by atoms with E-state index in [0.29, 0.717) is 32.5 Å². The second-order valence-corrected chi connectivity index (χ2v) is 5.83. The summed E-state index contributed by atoms with van der Waals surface area (Å²) in [5.41, 5.74) is 1.18. The highest BCUT2D eigenvalue weighted by atomic mass is 16.4. The van der Waals surface area contributed by atoms with Gasteiger partial charge in [-0.1, -0.05) is 0 Å². The van der Waals surface area contributed by atoms with Crippen LogP contribution >= 0.6 is 0 Å². The summed E-state index contributed by atoms with van der Waals surface area (Å²) < 4.78 is 1.82. The van der Waals surface area contributed by atoms with Crippen molar-refractivity contribution in [3.8, 4) is 0 Å². The van der Waals surface area contributed by atoms with E-state index in [-0.39, 0.29) is 5.91 Å². The Bertz CT molecular complexity index is 538. The van der Waals surface area contributed by atoms with Gasteiger partial charge in [-0.05, 0) is 33.3 Å². The number of carbonyl (C=O) groups is 2. The Morgan fingerprint density at radius 1 is 1.45 bits per heavy atom. The van der Waals surface area contributed by atoms with Crippen LogP contribution in [0.15, 0.2) is 6.07 Å². The molecule has 1 aliphatic heterocycles. The summed E-state index contributed by atoms with van der Waals surface area (Å²) in [5, 5.41) is 13.5. The van der Waals surface area contributed by atoms with Crippen LogP contribution in [0.3, 0.4) is 0 Å². The highest BCUT2D eigenvalue weighted by Gasteiger charge is 2.41. The number of carbonyl (C=O) groups excluding carboxylic acids is 1. The average Bonchev–Trinajstić information content (AvgIpc) is 2.91. The maximum Gasteiger partial charge on any atom is 0.311 e. The third-order valence-electron chi connectivity index (χ3n) is 3.98. The Labute approximate surface area is 118 Å². The number of amides is 1. The molecule has 0 bridgehead atoms. The summed E-state index contributed by atoms with van der Waals surface area (Å²) in [7, 11) is 0.